The van der Waals surface area contributed by atoms with E-state index in [1.54, 1.807) is 21.0 Å². The molecule has 1 amide bonds. The first-order chi connectivity index (χ1) is 17.0. The van der Waals surface area contributed by atoms with Crippen molar-refractivity contribution in [1.29, 1.82) is 0 Å². The van der Waals surface area contributed by atoms with E-state index in [4.69, 9.17) is 14.2 Å². The Morgan fingerprint density at radius 2 is 1.75 bits per heavy atom. The SMILES string of the molecule is CCC(=O)O[C@]1(C(=O)COCOC(=O)N(C)C)CC[C@H]2[C@@H]3CCC4=CC(=O)CC[C@]4(C)[C@H]3CC[C@@]21C. The van der Waals surface area contributed by atoms with Crippen LogP contribution in [0.2, 0.25) is 0 Å². The van der Waals surface area contributed by atoms with Crippen LogP contribution in [0, 0.1) is 28.6 Å². The maximum absolute atomic E-state index is 13.7. The minimum Gasteiger partial charge on any atom is -0.450 e. The van der Waals surface area contributed by atoms with E-state index in [0.717, 1.165) is 38.5 Å². The summed E-state index contributed by atoms with van der Waals surface area (Å²) in [5.74, 6) is 0.772. The highest BCUT2D eigenvalue weighted by atomic mass is 16.7. The number of Topliss-reactive ketones (excluding diaryl/α,β-unsaturated/α-hetero) is 1. The summed E-state index contributed by atoms with van der Waals surface area (Å²) in [6.07, 6.45) is 8.02. The highest BCUT2D eigenvalue weighted by molar-refractivity contribution is 5.92. The number of fused-ring (bicyclic) bond motifs is 5. The van der Waals surface area contributed by atoms with Crippen LogP contribution < -0.4 is 0 Å². The Hall–Kier alpha value is -2.22. The molecule has 8 heteroatoms. The quantitative estimate of drug-likeness (QED) is 0.287. The summed E-state index contributed by atoms with van der Waals surface area (Å²) in [6.45, 7) is 5.59. The largest absolute Gasteiger partial charge is 0.450 e. The Morgan fingerprint density at radius 1 is 1.03 bits per heavy atom. The summed E-state index contributed by atoms with van der Waals surface area (Å²) in [5.41, 5.74) is -0.378. The number of rotatable bonds is 7. The molecular formula is C28H41NO7. The van der Waals surface area contributed by atoms with Crippen molar-refractivity contribution >= 4 is 23.6 Å². The van der Waals surface area contributed by atoms with E-state index in [1.165, 1.54) is 10.5 Å². The number of hydrogen-bond donors (Lipinski definition) is 0. The van der Waals surface area contributed by atoms with Crippen molar-refractivity contribution in [2.24, 2.45) is 28.6 Å². The number of ether oxygens (including phenoxy) is 3. The molecule has 0 bridgehead atoms. The van der Waals surface area contributed by atoms with Crippen molar-refractivity contribution in [1.82, 2.24) is 4.90 Å². The van der Waals surface area contributed by atoms with Gasteiger partial charge in [-0.15, -0.1) is 0 Å². The first-order valence-electron chi connectivity index (χ1n) is 13.4. The molecule has 36 heavy (non-hydrogen) atoms. The molecule has 4 rings (SSSR count). The van der Waals surface area contributed by atoms with Gasteiger partial charge in [0.05, 0.1) is 0 Å². The molecule has 0 spiro atoms. The lowest BCUT2D eigenvalue weighted by Gasteiger charge is -2.59. The van der Waals surface area contributed by atoms with E-state index >= 15 is 0 Å². The number of nitrogens with zero attached hydrogens (tertiary/aromatic N) is 1. The Bertz CT molecular complexity index is 958. The van der Waals surface area contributed by atoms with Crippen LogP contribution >= 0.6 is 0 Å². The molecule has 8 nitrogen and oxygen atoms in total. The van der Waals surface area contributed by atoms with Crippen LogP contribution in [0.3, 0.4) is 0 Å². The Labute approximate surface area is 214 Å². The summed E-state index contributed by atoms with van der Waals surface area (Å²) in [5, 5.41) is 0. The second-order valence-corrected chi connectivity index (χ2v) is 11.8. The lowest BCUT2D eigenvalue weighted by Crippen LogP contribution is -2.60. The molecule has 200 valence electrons. The van der Waals surface area contributed by atoms with E-state index < -0.39 is 17.1 Å². The minimum absolute atomic E-state index is 0.0347. The zero-order chi connectivity index (χ0) is 26.3. The molecule has 0 radical (unpaired) electrons. The van der Waals surface area contributed by atoms with Crippen molar-refractivity contribution in [3.63, 3.8) is 0 Å². The van der Waals surface area contributed by atoms with E-state index in [0.29, 0.717) is 24.7 Å². The van der Waals surface area contributed by atoms with Gasteiger partial charge < -0.3 is 19.1 Å². The van der Waals surface area contributed by atoms with Crippen molar-refractivity contribution in [3.8, 4) is 0 Å². The average Bonchev–Trinajstić information content (AvgIpc) is 3.14. The van der Waals surface area contributed by atoms with Gasteiger partial charge in [0.2, 0.25) is 5.78 Å². The molecule has 4 aliphatic rings. The number of hydrogen-bond acceptors (Lipinski definition) is 7. The summed E-state index contributed by atoms with van der Waals surface area (Å²) in [6, 6.07) is 0. The highest BCUT2D eigenvalue weighted by Crippen LogP contribution is 2.68. The van der Waals surface area contributed by atoms with Gasteiger partial charge in [-0.25, -0.2) is 4.79 Å². The second-order valence-electron chi connectivity index (χ2n) is 11.8. The van der Waals surface area contributed by atoms with Gasteiger partial charge in [0.25, 0.3) is 0 Å². The molecule has 0 heterocycles. The monoisotopic (exact) mass is 503 g/mol. The molecule has 0 aromatic rings. The third-order valence-electron chi connectivity index (χ3n) is 9.97. The van der Waals surface area contributed by atoms with Gasteiger partial charge in [-0.2, -0.15) is 0 Å². The normalized spacial score (nSPS) is 37.2. The number of allylic oxidation sites excluding steroid dienone is 1. The maximum atomic E-state index is 13.7. The van der Waals surface area contributed by atoms with Gasteiger partial charge in [0, 0.05) is 32.4 Å². The van der Waals surface area contributed by atoms with Crippen LogP contribution in [0.15, 0.2) is 11.6 Å². The Morgan fingerprint density at radius 3 is 2.44 bits per heavy atom. The number of ketones is 2. The minimum atomic E-state index is -1.24. The smallest absolute Gasteiger partial charge is 0.411 e. The first kappa shape index (κ1) is 26.8. The summed E-state index contributed by atoms with van der Waals surface area (Å²) >= 11 is 0. The molecular weight excluding hydrogens is 462 g/mol. The topological polar surface area (TPSA) is 99.2 Å². The predicted octanol–water partition coefficient (Wildman–Crippen LogP) is 4.45. The third-order valence-corrected chi connectivity index (χ3v) is 9.97. The average molecular weight is 504 g/mol. The fraction of sp³-hybridized carbons (Fsp3) is 0.786. The fourth-order valence-electron chi connectivity index (χ4n) is 7.98. The highest BCUT2D eigenvalue weighted by Gasteiger charge is 2.68. The molecule has 3 fully saturated rings. The summed E-state index contributed by atoms with van der Waals surface area (Å²) in [7, 11) is 3.14. The molecule has 0 unspecified atom stereocenters. The Balaban J connectivity index is 1.56. The molecule has 4 aliphatic carbocycles. The van der Waals surface area contributed by atoms with Crippen molar-refractivity contribution in [2.75, 3.05) is 27.5 Å². The van der Waals surface area contributed by atoms with Crippen LogP contribution in [-0.2, 0) is 28.6 Å². The zero-order valence-electron chi connectivity index (χ0n) is 22.4. The van der Waals surface area contributed by atoms with Crippen molar-refractivity contribution < 1.29 is 33.4 Å². The van der Waals surface area contributed by atoms with Crippen LogP contribution in [0.1, 0.15) is 78.6 Å². The number of carbonyl (C=O) groups excluding carboxylic acids is 4. The standard InChI is InChI=1S/C28H41NO7/c1-6-24(32)36-28(23(31)16-34-17-35-25(33)29(4)5)14-11-22-20-8-7-18-15-19(30)9-12-26(18,2)21(20)10-13-27(22,28)3/h15,20-22H,6-14,16-17H2,1-5H3/t20-,21+,22+,26+,27+,28+/m1/s1. The van der Waals surface area contributed by atoms with Gasteiger partial charge >= 0.3 is 12.1 Å². The first-order valence-corrected chi connectivity index (χ1v) is 13.4. The lowest BCUT2D eigenvalue weighted by molar-refractivity contribution is -0.193. The van der Waals surface area contributed by atoms with Crippen LogP contribution in [0.5, 0.6) is 0 Å². The third kappa shape index (κ3) is 4.29. The van der Waals surface area contributed by atoms with Crippen LogP contribution in [-0.4, -0.2) is 61.6 Å². The lowest BCUT2D eigenvalue weighted by atomic mass is 9.46. The van der Waals surface area contributed by atoms with Crippen molar-refractivity contribution in [2.45, 2.75) is 84.2 Å². The van der Waals surface area contributed by atoms with Gasteiger partial charge in [0.1, 0.15) is 6.61 Å². The molecule has 0 aromatic carbocycles. The van der Waals surface area contributed by atoms with E-state index in [1.807, 2.05) is 6.08 Å². The van der Waals surface area contributed by atoms with Crippen LogP contribution in [0.4, 0.5) is 4.79 Å². The van der Waals surface area contributed by atoms with Gasteiger partial charge in [0.15, 0.2) is 18.2 Å². The van der Waals surface area contributed by atoms with Crippen molar-refractivity contribution in [3.05, 3.63) is 11.6 Å². The number of amides is 1. The summed E-state index contributed by atoms with van der Waals surface area (Å²) < 4.78 is 16.5. The van der Waals surface area contributed by atoms with Gasteiger partial charge in [-0.05, 0) is 74.2 Å². The molecule has 0 aliphatic heterocycles. The van der Waals surface area contributed by atoms with Gasteiger partial charge in [-0.3, -0.25) is 14.4 Å². The van der Waals surface area contributed by atoms with Gasteiger partial charge in [-0.1, -0.05) is 26.3 Å². The molecule has 0 N–H and O–H groups in total. The molecule has 3 saturated carbocycles. The summed E-state index contributed by atoms with van der Waals surface area (Å²) in [4.78, 5) is 51.4. The fourth-order valence-corrected chi connectivity index (χ4v) is 7.98. The maximum Gasteiger partial charge on any atom is 0.411 e. The molecule has 6 atom stereocenters. The number of carbonyl (C=O) groups is 4. The molecule has 0 aromatic heterocycles. The number of esters is 1. The van der Waals surface area contributed by atoms with Crippen LogP contribution in [0.25, 0.3) is 0 Å². The zero-order valence-corrected chi connectivity index (χ0v) is 22.4. The van der Waals surface area contributed by atoms with E-state index in [-0.39, 0.29) is 48.7 Å². The van der Waals surface area contributed by atoms with E-state index in [2.05, 4.69) is 13.8 Å². The second kappa shape index (κ2) is 9.92. The Kier molecular flexibility index (Phi) is 7.39. The predicted molar refractivity (Wildman–Crippen MR) is 132 cm³/mol. The van der Waals surface area contributed by atoms with E-state index in [9.17, 15) is 19.2 Å². The molecule has 0 saturated heterocycles.